The van der Waals surface area contributed by atoms with Gasteiger partial charge in [-0.2, -0.15) is 0 Å². The number of rotatable bonds is 11. The molecule has 0 saturated heterocycles. The van der Waals surface area contributed by atoms with Crippen LogP contribution in [0.3, 0.4) is 0 Å². The van der Waals surface area contributed by atoms with E-state index in [2.05, 4.69) is 36.5 Å². The number of nitrogens with one attached hydrogen (secondary N) is 1. The van der Waals surface area contributed by atoms with Crippen molar-refractivity contribution in [1.29, 1.82) is 0 Å². The molecule has 1 aromatic rings. The van der Waals surface area contributed by atoms with Gasteiger partial charge in [0.1, 0.15) is 5.60 Å². The maximum Gasteiger partial charge on any atom is 0.408 e. The lowest BCUT2D eigenvalue weighted by Gasteiger charge is -2.28. The van der Waals surface area contributed by atoms with Crippen LogP contribution < -0.4 is 5.32 Å². The van der Waals surface area contributed by atoms with Crippen molar-refractivity contribution in [1.82, 2.24) is 5.32 Å². The molecule has 3 heteroatoms. The van der Waals surface area contributed by atoms with Crippen LogP contribution in [-0.2, 0) is 17.6 Å². The smallest absolute Gasteiger partial charge is 0.408 e. The van der Waals surface area contributed by atoms with E-state index in [1.165, 1.54) is 56.1 Å². The molecule has 0 bridgehead atoms. The molecule has 0 spiro atoms. The molecule has 3 nitrogen and oxygen atoms in total. The Kier molecular flexibility index (Phi) is 9.90. The van der Waals surface area contributed by atoms with E-state index in [1.54, 1.807) is 0 Å². The van der Waals surface area contributed by atoms with Gasteiger partial charge in [-0.05, 0) is 65.0 Å². The van der Waals surface area contributed by atoms with Crippen LogP contribution >= 0.6 is 0 Å². The number of ether oxygens (including phenoxy) is 1. The van der Waals surface area contributed by atoms with Crippen LogP contribution in [0.2, 0.25) is 0 Å². The van der Waals surface area contributed by atoms with Gasteiger partial charge in [-0.3, -0.25) is 0 Å². The fraction of sp³-hybridized carbons (Fsp3) is 0.708. The molecule has 27 heavy (non-hydrogen) atoms. The molecular formula is C24H41NO2. The summed E-state index contributed by atoms with van der Waals surface area (Å²) in [6, 6.07) is 8.84. The van der Waals surface area contributed by atoms with Crippen LogP contribution in [0.25, 0.3) is 0 Å². The fourth-order valence-electron chi connectivity index (χ4n) is 3.24. The van der Waals surface area contributed by atoms with Crippen LogP contribution in [0, 0.1) is 0 Å². The van der Waals surface area contributed by atoms with Crippen LogP contribution in [0.15, 0.2) is 24.3 Å². The number of carbonyl (C=O) groups is 1. The molecule has 0 radical (unpaired) electrons. The summed E-state index contributed by atoms with van der Waals surface area (Å²) in [6.45, 7) is 12.0. The molecule has 0 fully saturated rings. The fourth-order valence-corrected chi connectivity index (χ4v) is 3.24. The summed E-state index contributed by atoms with van der Waals surface area (Å²) in [5.41, 5.74) is 1.82. The minimum Gasteiger partial charge on any atom is -0.444 e. The zero-order valence-corrected chi connectivity index (χ0v) is 18.5. The summed E-state index contributed by atoms with van der Waals surface area (Å²) < 4.78 is 5.37. The molecule has 1 N–H and O–H groups in total. The highest BCUT2D eigenvalue weighted by molar-refractivity contribution is 5.68. The van der Waals surface area contributed by atoms with Crippen molar-refractivity contribution in [3.05, 3.63) is 35.4 Å². The van der Waals surface area contributed by atoms with Crippen molar-refractivity contribution in [2.75, 3.05) is 0 Å². The summed E-state index contributed by atoms with van der Waals surface area (Å²) in [4.78, 5) is 12.0. The van der Waals surface area contributed by atoms with E-state index < -0.39 is 5.60 Å². The number of hydrogen-bond acceptors (Lipinski definition) is 2. The predicted octanol–water partition coefficient (Wildman–Crippen LogP) is 6.83. The largest absolute Gasteiger partial charge is 0.444 e. The lowest BCUT2D eigenvalue weighted by Crippen LogP contribution is -2.47. The molecule has 154 valence electrons. The second-order valence-electron chi connectivity index (χ2n) is 9.38. The lowest BCUT2D eigenvalue weighted by atomic mass is 9.94. The van der Waals surface area contributed by atoms with Gasteiger partial charge < -0.3 is 10.1 Å². The third-order valence-corrected chi connectivity index (χ3v) is 4.58. The Morgan fingerprint density at radius 3 is 1.93 bits per heavy atom. The van der Waals surface area contributed by atoms with Gasteiger partial charge in [-0.1, -0.05) is 69.7 Å². The Hall–Kier alpha value is -1.51. The Bertz CT molecular complexity index is 540. The molecule has 1 aromatic carbocycles. The van der Waals surface area contributed by atoms with E-state index in [0.717, 1.165) is 12.8 Å². The summed E-state index contributed by atoms with van der Waals surface area (Å²) in [5, 5.41) is 2.98. The number of amides is 1. The quantitative estimate of drug-likeness (QED) is 0.431. The summed E-state index contributed by atoms with van der Waals surface area (Å²) in [6.07, 6.45) is 11.0. The number of alkyl carbamates (subject to hydrolysis) is 1. The highest BCUT2D eigenvalue weighted by Crippen LogP contribution is 2.17. The number of unbranched alkanes of at least 4 members (excludes halogenated alkanes) is 6. The third-order valence-electron chi connectivity index (χ3n) is 4.58. The molecule has 0 atom stereocenters. The summed E-state index contributed by atoms with van der Waals surface area (Å²) in [5.74, 6) is 0. The van der Waals surface area contributed by atoms with E-state index >= 15 is 0 Å². The van der Waals surface area contributed by atoms with E-state index in [0.29, 0.717) is 0 Å². The second-order valence-corrected chi connectivity index (χ2v) is 9.38. The van der Waals surface area contributed by atoms with E-state index in [1.807, 2.05) is 34.6 Å². The van der Waals surface area contributed by atoms with Gasteiger partial charge in [0.25, 0.3) is 0 Å². The standard InChI is InChI=1S/C24H41NO2/c1-7-8-9-10-11-12-13-14-20-15-17-21(18-16-20)19-24(5,6)25-22(26)27-23(2,3)4/h15-18H,7-14,19H2,1-6H3,(H,25,26). The minimum absolute atomic E-state index is 0.345. The van der Waals surface area contributed by atoms with Gasteiger partial charge in [0.2, 0.25) is 0 Å². The average Bonchev–Trinajstić information content (AvgIpc) is 2.52. The number of benzene rings is 1. The molecule has 1 rings (SSSR count). The molecule has 0 heterocycles. The Balaban J connectivity index is 2.37. The van der Waals surface area contributed by atoms with Gasteiger partial charge >= 0.3 is 6.09 Å². The maximum atomic E-state index is 12.0. The van der Waals surface area contributed by atoms with Crippen molar-refractivity contribution < 1.29 is 9.53 Å². The van der Waals surface area contributed by atoms with Crippen molar-refractivity contribution in [3.8, 4) is 0 Å². The van der Waals surface area contributed by atoms with Crippen molar-refractivity contribution in [2.45, 2.75) is 110 Å². The number of aryl methyl sites for hydroxylation is 1. The number of carbonyl (C=O) groups excluding carboxylic acids is 1. The first kappa shape index (κ1) is 23.5. The predicted molar refractivity (Wildman–Crippen MR) is 115 cm³/mol. The average molecular weight is 376 g/mol. The van der Waals surface area contributed by atoms with Gasteiger partial charge in [-0.25, -0.2) is 4.79 Å². The van der Waals surface area contributed by atoms with E-state index in [9.17, 15) is 4.79 Å². The van der Waals surface area contributed by atoms with Gasteiger partial charge in [0.15, 0.2) is 0 Å². The molecule has 0 aromatic heterocycles. The Morgan fingerprint density at radius 2 is 1.37 bits per heavy atom. The van der Waals surface area contributed by atoms with E-state index in [-0.39, 0.29) is 11.6 Å². The molecule has 0 saturated carbocycles. The van der Waals surface area contributed by atoms with Crippen molar-refractivity contribution in [2.24, 2.45) is 0 Å². The Labute approximate surface area is 167 Å². The number of hydrogen-bond donors (Lipinski definition) is 1. The van der Waals surface area contributed by atoms with Crippen LogP contribution in [-0.4, -0.2) is 17.2 Å². The highest BCUT2D eigenvalue weighted by atomic mass is 16.6. The first-order valence-corrected chi connectivity index (χ1v) is 10.7. The topological polar surface area (TPSA) is 38.3 Å². The molecular weight excluding hydrogens is 334 g/mol. The molecule has 0 unspecified atom stereocenters. The minimum atomic E-state index is -0.474. The molecule has 1 amide bonds. The SMILES string of the molecule is CCCCCCCCCc1ccc(CC(C)(C)NC(=O)OC(C)(C)C)cc1. The zero-order chi connectivity index (χ0) is 20.3. The van der Waals surface area contributed by atoms with E-state index in [4.69, 9.17) is 4.74 Å². The second kappa shape index (κ2) is 11.4. The Morgan fingerprint density at radius 1 is 0.852 bits per heavy atom. The highest BCUT2D eigenvalue weighted by Gasteiger charge is 2.24. The van der Waals surface area contributed by atoms with Crippen LogP contribution in [0.4, 0.5) is 4.79 Å². The third kappa shape index (κ3) is 11.7. The zero-order valence-electron chi connectivity index (χ0n) is 18.5. The summed E-state index contributed by atoms with van der Waals surface area (Å²) in [7, 11) is 0. The van der Waals surface area contributed by atoms with Crippen LogP contribution in [0.1, 0.15) is 97.6 Å². The molecule has 0 aliphatic carbocycles. The first-order chi connectivity index (χ1) is 12.6. The maximum absolute atomic E-state index is 12.0. The van der Waals surface area contributed by atoms with Gasteiger partial charge in [0, 0.05) is 5.54 Å². The van der Waals surface area contributed by atoms with Gasteiger partial charge in [-0.15, -0.1) is 0 Å². The monoisotopic (exact) mass is 375 g/mol. The molecule has 0 aliphatic rings. The summed E-state index contributed by atoms with van der Waals surface area (Å²) >= 11 is 0. The lowest BCUT2D eigenvalue weighted by molar-refractivity contribution is 0.0472. The van der Waals surface area contributed by atoms with Crippen LogP contribution in [0.5, 0.6) is 0 Å². The first-order valence-electron chi connectivity index (χ1n) is 10.7. The van der Waals surface area contributed by atoms with Crippen molar-refractivity contribution >= 4 is 6.09 Å². The van der Waals surface area contributed by atoms with Crippen molar-refractivity contribution in [3.63, 3.8) is 0 Å². The van der Waals surface area contributed by atoms with Gasteiger partial charge in [0.05, 0.1) is 0 Å². The molecule has 0 aliphatic heterocycles. The normalized spacial score (nSPS) is 12.1.